The molecule has 0 atom stereocenters. The molecule has 9 heteroatoms. The zero-order valence-electron chi connectivity index (χ0n) is 14.7. The van der Waals surface area contributed by atoms with Crippen LogP contribution in [0.15, 0.2) is 57.4 Å². The molecule has 26 heavy (non-hydrogen) atoms. The minimum absolute atomic E-state index is 0.190. The molecular formula is C17H19N5O2S2. The van der Waals surface area contributed by atoms with Crippen molar-refractivity contribution in [3.05, 3.63) is 53.5 Å². The van der Waals surface area contributed by atoms with Crippen LogP contribution in [0.1, 0.15) is 0 Å². The Morgan fingerprint density at radius 1 is 1.38 bits per heavy atom. The highest BCUT2D eigenvalue weighted by atomic mass is 32.2. The number of hydrogen-bond acceptors (Lipinski definition) is 6. The van der Waals surface area contributed by atoms with E-state index >= 15 is 0 Å². The van der Waals surface area contributed by atoms with Gasteiger partial charge in [-0.2, -0.15) is 4.36 Å². The third kappa shape index (κ3) is 3.58. The number of hydrogen-bond donors (Lipinski definition) is 0. The Labute approximate surface area is 155 Å². The van der Waals surface area contributed by atoms with Crippen LogP contribution in [0.25, 0.3) is 16.7 Å². The van der Waals surface area contributed by atoms with Crippen molar-refractivity contribution >= 4 is 38.2 Å². The predicted octanol–water partition coefficient (Wildman–Crippen LogP) is 2.85. The molecule has 0 unspecified atom stereocenters. The normalized spacial score (nSPS) is 11.7. The minimum Gasteiger partial charge on any atom is -0.267 e. The van der Waals surface area contributed by atoms with E-state index in [1.54, 1.807) is 46.3 Å². The quantitative estimate of drug-likeness (QED) is 0.381. The van der Waals surface area contributed by atoms with Gasteiger partial charge in [0.2, 0.25) is 0 Å². The largest absolute Gasteiger partial charge is 0.278 e. The van der Waals surface area contributed by atoms with Crippen LogP contribution in [0.3, 0.4) is 0 Å². The second-order valence-electron chi connectivity index (χ2n) is 5.87. The van der Waals surface area contributed by atoms with Gasteiger partial charge in [-0.15, -0.1) is 6.58 Å². The number of thioether (sulfide) groups is 1. The standard InChI is InChI=1S/C17H19N5O2S2/c1-5-9-21-16(23)14-11-18-17(25-2)19-15(14)22(21)13-8-6-7-12(10-13)20-26(3,4)24/h5-8,10-11H,1,9H2,2-4H3. The fourth-order valence-electron chi connectivity index (χ4n) is 2.60. The van der Waals surface area contributed by atoms with Crippen LogP contribution in [0.2, 0.25) is 0 Å². The van der Waals surface area contributed by atoms with E-state index in [0.29, 0.717) is 34.1 Å². The molecule has 0 amide bonds. The van der Waals surface area contributed by atoms with Gasteiger partial charge in [-0.05, 0) is 24.5 Å². The monoisotopic (exact) mass is 389 g/mol. The van der Waals surface area contributed by atoms with Gasteiger partial charge in [-0.25, -0.2) is 23.5 Å². The Morgan fingerprint density at radius 3 is 2.81 bits per heavy atom. The molecule has 2 heterocycles. The van der Waals surface area contributed by atoms with Crippen molar-refractivity contribution in [1.29, 1.82) is 0 Å². The fourth-order valence-corrected chi connectivity index (χ4v) is 3.55. The molecule has 0 spiro atoms. The highest BCUT2D eigenvalue weighted by Crippen LogP contribution is 2.22. The molecule has 0 saturated carbocycles. The highest BCUT2D eigenvalue weighted by molar-refractivity contribution is 7.98. The molecule has 7 nitrogen and oxygen atoms in total. The molecule has 0 aliphatic rings. The van der Waals surface area contributed by atoms with Crippen LogP contribution in [-0.4, -0.2) is 42.3 Å². The second kappa shape index (κ2) is 7.08. The number of nitrogens with zero attached hydrogens (tertiary/aromatic N) is 5. The topological polar surface area (TPSA) is 82.1 Å². The predicted molar refractivity (Wildman–Crippen MR) is 107 cm³/mol. The van der Waals surface area contributed by atoms with Gasteiger partial charge < -0.3 is 0 Å². The van der Waals surface area contributed by atoms with Crippen LogP contribution in [0.5, 0.6) is 0 Å². The number of rotatable bonds is 5. The van der Waals surface area contributed by atoms with Crippen molar-refractivity contribution in [1.82, 2.24) is 19.3 Å². The van der Waals surface area contributed by atoms with Crippen molar-refractivity contribution < 1.29 is 4.21 Å². The maximum absolute atomic E-state index is 12.8. The van der Waals surface area contributed by atoms with Crippen molar-refractivity contribution in [2.24, 2.45) is 4.36 Å². The third-order valence-electron chi connectivity index (χ3n) is 3.54. The summed E-state index contributed by atoms with van der Waals surface area (Å²) in [7, 11) is -2.29. The van der Waals surface area contributed by atoms with Gasteiger partial charge in [-0.1, -0.05) is 23.9 Å². The molecule has 0 aliphatic carbocycles. The maximum atomic E-state index is 12.8. The smallest absolute Gasteiger partial charge is 0.267 e. The van der Waals surface area contributed by atoms with E-state index in [2.05, 4.69) is 20.9 Å². The number of allylic oxidation sites excluding steroid dienone is 1. The summed E-state index contributed by atoms with van der Waals surface area (Å²) in [5.41, 5.74) is 1.61. The summed E-state index contributed by atoms with van der Waals surface area (Å²) in [5.74, 6) is 0. The lowest BCUT2D eigenvalue weighted by Crippen LogP contribution is -2.21. The lowest BCUT2D eigenvalue weighted by molar-refractivity contribution is 0.605. The van der Waals surface area contributed by atoms with E-state index in [1.165, 1.54) is 11.8 Å². The average Bonchev–Trinajstić information content (AvgIpc) is 2.86. The third-order valence-corrected chi connectivity index (χ3v) is 4.75. The van der Waals surface area contributed by atoms with Gasteiger partial charge in [0.25, 0.3) is 5.56 Å². The lowest BCUT2D eigenvalue weighted by atomic mass is 10.3. The molecule has 2 aromatic heterocycles. The van der Waals surface area contributed by atoms with Crippen molar-refractivity contribution in [3.63, 3.8) is 0 Å². The lowest BCUT2D eigenvalue weighted by Gasteiger charge is -2.11. The van der Waals surface area contributed by atoms with Crippen LogP contribution in [0.4, 0.5) is 5.69 Å². The summed E-state index contributed by atoms with van der Waals surface area (Å²) in [6.45, 7) is 4.05. The van der Waals surface area contributed by atoms with Crippen LogP contribution in [0, 0.1) is 0 Å². The Kier molecular flexibility index (Phi) is 5.01. The van der Waals surface area contributed by atoms with E-state index in [1.807, 2.05) is 18.4 Å². The first kappa shape index (κ1) is 18.4. The molecule has 136 valence electrons. The van der Waals surface area contributed by atoms with E-state index < -0.39 is 9.73 Å². The van der Waals surface area contributed by atoms with Crippen LogP contribution >= 0.6 is 11.8 Å². The fraction of sp³-hybridized carbons (Fsp3) is 0.235. The van der Waals surface area contributed by atoms with Gasteiger partial charge in [0.05, 0.1) is 17.9 Å². The first-order valence-corrected chi connectivity index (χ1v) is 11.3. The Hall–Kier alpha value is -2.39. The molecule has 0 aliphatic heterocycles. The summed E-state index contributed by atoms with van der Waals surface area (Å²) >= 11 is 1.40. The molecule has 3 aromatic rings. The van der Waals surface area contributed by atoms with Crippen LogP contribution in [-0.2, 0) is 16.3 Å². The summed E-state index contributed by atoms with van der Waals surface area (Å²) in [5, 5.41) is 1.01. The first-order valence-electron chi connectivity index (χ1n) is 7.75. The molecular weight excluding hydrogens is 370 g/mol. The van der Waals surface area contributed by atoms with Gasteiger partial charge in [0.1, 0.15) is 5.39 Å². The molecule has 0 radical (unpaired) electrons. The van der Waals surface area contributed by atoms with E-state index in [9.17, 15) is 9.00 Å². The molecule has 0 fully saturated rings. The second-order valence-corrected chi connectivity index (χ2v) is 9.19. The summed E-state index contributed by atoms with van der Waals surface area (Å²) in [6.07, 6.45) is 8.24. The van der Waals surface area contributed by atoms with Gasteiger partial charge in [-0.3, -0.25) is 4.79 Å². The first-order chi connectivity index (χ1) is 12.3. The Morgan fingerprint density at radius 2 is 2.15 bits per heavy atom. The summed E-state index contributed by atoms with van der Waals surface area (Å²) in [4.78, 5) is 21.5. The average molecular weight is 390 g/mol. The van der Waals surface area contributed by atoms with E-state index in [-0.39, 0.29) is 5.56 Å². The minimum atomic E-state index is -2.29. The van der Waals surface area contributed by atoms with Crippen LogP contribution < -0.4 is 5.56 Å². The summed E-state index contributed by atoms with van der Waals surface area (Å²) in [6, 6.07) is 7.22. The summed E-state index contributed by atoms with van der Waals surface area (Å²) < 4.78 is 19.5. The molecule has 1 aromatic carbocycles. The van der Waals surface area contributed by atoms with Crippen molar-refractivity contribution in [2.75, 3.05) is 18.8 Å². The Bertz CT molecular complexity index is 1160. The SMILES string of the molecule is C=CCn1c(=O)c2cnc(SC)nc2n1-c1cccc(N=S(C)(C)=O)c1. The molecule has 0 bridgehead atoms. The maximum Gasteiger partial charge on any atom is 0.278 e. The van der Waals surface area contributed by atoms with Gasteiger partial charge in [0, 0.05) is 28.4 Å². The van der Waals surface area contributed by atoms with Crippen molar-refractivity contribution in [3.8, 4) is 5.69 Å². The number of fused-ring (bicyclic) bond motifs is 1. The van der Waals surface area contributed by atoms with Gasteiger partial charge in [0.15, 0.2) is 10.8 Å². The zero-order chi connectivity index (χ0) is 18.9. The molecule has 0 saturated heterocycles. The number of benzene rings is 1. The van der Waals surface area contributed by atoms with E-state index in [0.717, 1.165) is 0 Å². The van der Waals surface area contributed by atoms with Crippen molar-refractivity contribution in [2.45, 2.75) is 11.7 Å². The van der Waals surface area contributed by atoms with E-state index in [4.69, 9.17) is 0 Å². The highest BCUT2D eigenvalue weighted by Gasteiger charge is 2.17. The Balaban J connectivity index is 2.35. The number of aromatic nitrogens is 4. The zero-order valence-corrected chi connectivity index (χ0v) is 16.4. The molecule has 3 rings (SSSR count). The molecule has 0 N–H and O–H groups in total. The van der Waals surface area contributed by atoms with Gasteiger partial charge >= 0.3 is 0 Å².